The van der Waals surface area contributed by atoms with Gasteiger partial charge in [-0.2, -0.15) is 0 Å². The summed E-state index contributed by atoms with van der Waals surface area (Å²) in [5.41, 5.74) is -0.234. The first-order valence-corrected chi connectivity index (χ1v) is 6.47. The van der Waals surface area contributed by atoms with Crippen LogP contribution in [0.1, 0.15) is 19.4 Å². The van der Waals surface area contributed by atoms with Gasteiger partial charge in [0.1, 0.15) is 0 Å². The summed E-state index contributed by atoms with van der Waals surface area (Å²) < 4.78 is 10.1. The zero-order chi connectivity index (χ0) is 16.4. The number of aryl methyl sites for hydroxylation is 1. The van der Waals surface area contributed by atoms with Crippen LogP contribution in [-0.2, 0) is 9.59 Å². The number of benzene rings is 1. The van der Waals surface area contributed by atoms with E-state index in [0.29, 0.717) is 10.9 Å². The van der Waals surface area contributed by atoms with Crippen molar-refractivity contribution in [3.63, 3.8) is 0 Å². The maximum absolute atomic E-state index is 11.7. The van der Waals surface area contributed by atoms with Crippen LogP contribution in [-0.4, -0.2) is 17.0 Å². The Morgan fingerprint density at radius 3 is 2.32 bits per heavy atom. The number of hydrogen-bond donors (Lipinski definition) is 1. The summed E-state index contributed by atoms with van der Waals surface area (Å²) in [4.78, 5) is 34.2. The number of aromatic hydroxyl groups is 1. The average Bonchev–Trinajstić information content (AvgIpc) is 2.54. The molecule has 22 heavy (non-hydrogen) atoms. The van der Waals surface area contributed by atoms with E-state index in [1.807, 2.05) is 0 Å². The van der Waals surface area contributed by atoms with Crippen LogP contribution >= 0.6 is 0 Å². The second kappa shape index (κ2) is 5.85. The van der Waals surface area contributed by atoms with E-state index in [4.69, 9.17) is 9.47 Å². The molecule has 6 nitrogen and oxygen atoms in total. The number of esters is 2. The number of carbonyl (C=O) groups is 2. The predicted octanol–water partition coefficient (Wildman–Crippen LogP) is 2.06. The highest BCUT2D eigenvalue weighted by Gasteiger charge is 2.18. The first-order chi connectivity index (χ1) is 10.3. The average molecular weight is 302 g/mol. The minimum Gasteiger partial charge on any atom is -0.504 e. The Morgan fingerprint density at radius 2 is 1.73 bits per heavy atom. The third kappa shape index (κ3) is 2.90. The van der Waals surface area contributed by atoms with E-state index in [1.165, 1.54) is 32.0 Å². The van der Waals surface area contributed by atoms with Crippen molar-refractivity contribution in [2.24, 2.45) is 0 Å². The molecule has 0 bridgehead atoms. The number of hydrogen-bond acceptors (Lipinski definition) is 6. The van der Waals surface area contributed by atoms with Crippen LogP contribution in [0.4, 0.5) is 0 Å². The Bertz CT molecular complexity index is 838. The zero-order valence-corrected chi connectivity index (χ0v) is 12.3. The van der Waals surface area contributed by atoms with E-state index < -0.39 is 23.1 Å². The maximum atomic E-state index is 11.7. The molecule has 2 aromatic rings. The lowest BCUT2D eigenvalue weighted by molar-refractivity contribution is -0.134. The lowest BCUT2D eigenvalue weighted by atomic mass is 10.1. The highest BCUT2D eigenvalue weighted by Crippen LogP contribution is 2.39. The minimum absolute atomic E-state index is 0.00361. The molecule has 0 amide bonds. The van der Waals surface area contributed by atoms with Gasteiger partial charge in [-0.3, -0.25) is 14.4 Å². The van der Waals surface area contributed by atoms with Gasteiger partial charge in [-0.15, -0.1) is 0 Å². The van der Waals surface area contributed by atoms with Gasteiger partial charge in [-0.25, -0.2) is 0 Å². The molecule has 0 unspecified atom stereocenters. The van der Waals surface area contributed by atoms with Gasteiger partial charge in [-0.1, -0.05) is 12.1 Å². The summed E-state index contributed by atoms with van der Waals surface area (Å²) in [6.07, 6.45) is 0. The van der Waals surface area contributed by atoms with Crippen molar-refractivity contribution >= 4 is 22.7 Å². The number of ether oxygens (including phenoxy) is 2. The van der Waals surface area contributed by atoms with Crippen molar-refractivity contribution in [2.75, 3.05) is 0 Å². The quantitative estimate of drug-likeness (QED) is 0.674. The smallest absolute Gasteiger partial charge is 0.308 e. The van der Waals surface area contributed by atoms with Gasteiger partial charge >= 0.3 is 11.9 Å². The van der Waals surface area contributed by atoms with Gasteiger partial charge in [0.2, 0.25) is 5.43 Å². The molecule has 0 aliphatic rings. The fourth-order valence-corrected chi connectivity index (χ4v) is 2.18. The Labute approximate surface area is 125 Å². The number of rotatable bonds is 2. The monoisotopic (exact) mass is 302 g/mol. The normalized spacial score (nSPS) is 10.3. The van der Waals surface area contributed by atoms with Crippen LogP contribution in [0.15, 0.2) is 29.1 Å². The predicted molar refractivity (Wildman–Crippen MR) is 79.2 cm³/mol. The maximum Gasteiger partial charge on any atom is 0.308 e. The molecule has 1 N–H and O–H groups in total. The minimum atomic E-state index is -0.613. The third-order valence-corrected chi connectivity index (χ3v) is 3.01. The van der Waals surface area contributed by atoms with E-state index in [1.54, 1.807) is 13.0 Å². The molecule has 0 radical (unpaired) electrons. The van der Waals surface area contributed by atoms with Gasteiger partial charge in [0.05, 0.1) is 0 Å². The molecule has 0 aromatic heterocycles. The fraction of sp³-hybridized carbons (Fsp3) is 0.188. The largest absolute Gasteiger partial charge is 0.504 e. The molecule has 6 heteroatoms. The summed E-state index contributed by atoms with van der Waals surface area (Å²) in [7, 11) is 0. The lowest BCUT2D eigenvalue weighted by Crippen LogP contribution is -2.08. The first-order valence-electron chi connectivity index (χ1n) is 6.47. The molecule has 2 aromatic carbocycles. The number of carbonyl (C=O) groups excluding carboxylic acids is 2. The zero-order valence-electron chi connectivity index (χ0n) is 12.3. The summed E-state index contributed by atoms with van der Waals surface area (Å²) in [6.45, 7) is 3.98. The van der Waals surface area contributed by atoms with E-state index >= 15 is 0 Å². The molecule has 0 aliphatic heterocycles. The van der Waals surface area contributed by atoms with Gasteiger partial charge in [0.25, 0.3) is 0 Å². The van der Waals surface area contributed by atoms with Crippen LogP contribution < -0.4 is 14.9 Å². The Hall–Kier alpha value is -2.89. The second-order valence-corrected chi connectivity index (χ2v) is 4.72. The van der Waals surface area contributed by atoms with Crippen molar-refractivity contribution in [1.29, 1.82) is 0 Å². The molecule has 0 spiro atoms. The van der Waals surface area contributed by atoms with Crippen LogP contribution in [0, 0.1) is 6.92 Å². The lowest BCUT2D eigenvalue weighted by Gasteiger charge is -2.13. The van der Waals surface area contributed by atoms with E-state index in [0.717, 1.165) is 0 Å². The molecule has 0 saturated heterocycles. The Kier molecular flexibility index (Phi) is 4.12. The molecular weight excluding hydrogens is 288 g/mol. The van der Waals surface area contributed by atoms with Gasteiger partial charge in [0.15, 0.2) is 17.2 Å². The Balaban J connectivity index is 2.91. The standard InChI is InChI=1S/C16H14O6/c1-8-14-11(5-4-6-12(19)15(14)20)7-13(21-9(2)17)16(8)22-10(3)18/h4-7H,1-3H3,(H,19,20). The SMILES string of the molecule is CC(=O)Oc1cc2cccc(=O)c(O)c2c(C)c1OC(C)=O. The first kappa shape index (κ1) is 15.5. The summed E-state index contributed by atoms with van der Waals surface area (Å²) in [5.74, 6) is -1.61. The van der Waals surface area contributed by atoms with Gasteiger partial charge < -0.3 is 14.6 Å². The van der Waals surface area contributed by atoms with Crippen molar-refractivity contribution < 1.29 is 24.2 Å². The Morgan fingerprint density at radius 1 is 1.09 bits per heavy atom. The van der Waals surface area contributed by atoms with Gasteiger partial charge in [-0.05, 0) is 24.4 Å². The van der Waals surface area contributed by atoms with Crippen molar-refractivity contribution in [1.82, 2.24) is 0 Å². The molecule has 2 rings (SSSR count). The molecule has 0 fully saturated rings. The molecule has 114 valence electrons. The number of fused-ring (bicyclic) bond motifs is 1. The summed E-state index contributed by atoms with van der Waals surface area (Å²) in [5, 5.41) is 10.8. The van der Waals surface area contributed by atoms with Crippen LogP contribution in [0.2, 0.25) is 0 Å². The topological polar surface area (TPSA) is 89.9 Å². The van der Waals surface area contributed by atoms with Crippen LogP contribution in [0.5, 0.6) is 17.2 Å². The summed E-state index contributed by atoms with van der Waals surface area (Å²) >= 11 is 0. The van der Waals surface area contributed by atoms with E-state index in [-0.39, 0.29) is 16.9 Å². The molecule has 0 saturated carbocycles. The van der Waals surface area contributed by atoms with Crippen molar-refractivity contribution in [3.05, 3.63) is 40.1 Å². The van der Waals surface area contributed by atoms with E-state index in [9.17, 15) is 19.5 Å². The molecule has 0 heterocycles. The second-order valence-electron chi connectivity index (χ2n) is 4.72. The van der Waals surface area contributed by atoms with Crippen molar-refractivity contribution in [3.8, 4) is 17.2 Å². The fourth-order valence-electron chi connectivity index (χ4n) is 2.18. The van der Waals surface area contributed by atoms with Crippen molar-refractivity contribution in [2.45, 2.75) is 20.8 Å². The third-order valence-electron chi connectivity index (χ3n) is 3.01. The molecular formula is C16H14O6. The van der Waals surface area contributed by atoms with Crippen LogP contribution in [0.25, 0.3) is 10.8 Å². The molecule has 0 aliphatic carbocycles. The highest BCUT2D eigenvalue weighted by atomic mass is 16.6. The van der Waals surface area contributed by atoms with E-state index in [2.05, 4.69) is 0 Å². The van der Waals surface area contributed by atoms with Crippen LogP contribution in [0.3, 0.4) is 0 Å². The molecule has 0 atom stereocenters. The van der Waals surface area contributed by atoms with Gasteiger partial charge in [0, 0.05) is 24.8 Å². The highest BCUT2D eigenvalue weighted by molar-refractivity contribution is 5.95. The summed E-state index contributed by atoms with van der Waals surface area (Å²) in [6, 6.07) is 5.72.